The van der Waals surface area contributed by atoms with Gasteiger partial charge in [0.1, 0.15) is 0 Å². The number of anilines is 1. The Kier molecular flexibility index (Phi) is 4.18. The van der Waals surface area contributed by atoms with E-state index in [1.807, 2.05) is 25.1 Å². The molecule has 2 aromatic carbocycles. The molecule has 0 aromatic heterocycles. The second-order valence-electron chi connectivity index (χ2n) is 4.27. The molecule has 0 unspecified atom stereocenters. The maximum Gasteiger partial charge on any atom is 0.239 e. The van der Waals surface area contributed by atoms with Gasteiger partial charge >= 0.3 is 0 Å². The molecule has 0 aliphatic carbocycles. The summed E-state index contributed by atoms with van der Waals surface area (Å²) < 4.78 is 0. The van der Waals surface area contributed by atoms with Crippen LogP contribution >= 0.6 is 0 Å². The molecule has 18 heavy (non-hydrogen) atoms. The van der Waals surface area contributed by atoms with Gasteiger partial charge < -0.3 is 10.6 Å². The SMILES string of the molecule is CCCNC(=O)CNc1ccc2ccccc2c1. The molecule has 3 heteroatoms. The summed E-state index contributed by atoms with van der Waals surface area (Å²) in [6.45, 7) is 3.09. The average molecular weight is 242 g/mol. The van der Waals surface area contributed by atoms with Crippen molar-refractivity contribution in [3.8, 4) is 0 Å². The van der Waals surface area contributed by atoms with E-state index < -0.39 is 0 Å². The molecule has 2 rings (SSSR count). The highest BCUT2D eigenvalue weighted by Gasteiger charge is 2.00. The molecule has 2 aromatic rings. The summed E-state index contributed by atoms with van der Waals surface area (Å²) in [6.07, 6.45) is 0.960. The number of benzene rings is 2. The molecule has 0 radical (unpaired) electrons. The highest BCUT2D eigenvalue weighted by molar-refractivity contribution is 5.87. The van der Waals surface area contributed by atoms with E-state index in [2.05, 4.69) is 34.9 Å². The largest absolute Gasteiger partial charge is 0.376 e. The van der Waals surface area contributed by atoms with E-state index in [9.17, 15) is 4.79 Å². The molecule has 0 saturated carbocycles. The van der Waals surface area contributed by atoms with Crippen LogP contribution in [0.15, 0.2) is 42.5 Å². The first-order chi connectivity index (χ1) is 8.79. The highest BCUT2D eigenvalue weighted by Crippen LogP contribution is 2.18. The van der Waals surface area contributed by atoms with Crippen LogP contribution in [0.1, 0.15) is 13.3 Å². The van der Waals surface area contributed by atoms with Crippen molar-refractivity contribution < 1.29 is 4.79 Å². The van der Waals surface area contributed by atoms with Crippen LogP contribution in [0.25, 0.3) is 10.8 Å². The van der Waals surface area contributed by atoms with Gasteiger partial charge in [-0.05, 0) is 29.3 Å². The third-order valence-corrected chi connectivity index (χ3v) is 2.77. The highest BCUT2D eigenvalue weighted by atomic mass is 16.1. The number of hydrogen-bond acceptors (Lipinski definition) is 2. The first-order valence-electron chi connectivity index (χ1n) is 6.29. The van der Waals surface area contributed by atoms with Crippen molar-refractivity contribution in [2.45, 2.75) is 13.3 Å². The fourth-order valence-corrected chi connectivity index (χ4v) is 1.81. The topological polar surface area (TPSA) is 41.1 Å². The van der Waals surface area contributed by atoms with Crippen molar-refractivity contribution in [1.29, 1.82) is 0 Å². The molecule has 3 nitrogen and oxygen atoms in total. The minimum Gasteiger partial charge on any atom is -0.376 e. The Balaban J connectivity index is 1.97. The van der Waals surface area contributed by atoms with Crippen LogP contribution in [-0.2, 0) is 4.79 Å². The van der Waals surface area contributed by atoms with E-state index in [4.69, 9.17) is 0 Å². The molecule has 0 saturated heterocycles. The van der Waals surface area contributed by atoms with Crippen LogP contribution in [0.2, 0.25) is 0 Å². The second kappa shape index (κ2) is 6.05. The third kappa shape index (κ3) is 3.23. The van der Waals surface area contributed by atoms with Gasteiger partial charge in [-0.1, -0.05) is 37.3 Å². The molecule has 0 heterocycles. The summed E-state index contributed by atoms with van der Waals surface area (Å²) in [5.74, 6) is 0.0324. The standard InChI is InChI=1S/C15H18N2O/c1-2-9-16-15(18)11-17-14-8-7-12-5-3-4-6-13(12)10-14/h3-8,10,17H,2,9,11H2,1H3,(H,16,18). The third-order valence-electron chi connectivity index (χ3n) is 2.77. The molecular weight excluding hydrogens is 224 g/mol. The summed E-state index contributed by atoms with van der Waals surface area (Å²) >= 11 is 0. The predicted molar refractivity (Wildman–Crippen MR) is 75.7 cm³/mol. The molecule has 0 aliphatic heterocycles. The van der Waals surface area contributed by atoms with Gasteiger partial charge in [0.25, 0.3) is 0 Å². The van der Waals surface area contributed by atoms with Crippen molar-refractivity contribution >= 4 is 22.4 Å². The lowest BCUT2D eigenvalue weighted by Crippen LogP contribution is -2.30. The van der Waals surface area contributed by atoms with Gasteiger partial charge in [-0.3, -0.25) is 4.79 Å². The lowest BCUT2D eigenvalue weighted by Gasteiger charge is -2.08. The van der Waals surface area contributed by atoms with Gasteiger partial charge in [0.2, 0.25) is 5.91 Å². The van der Waals surface area contributed by atoms with Crippen LogP contribution in [0.4, 0.5) is 5.69 Å². The Morgan fingerprint density at radius 1 is 1.11 bits per heavy atom. The van der Waals surface area contributed by atoms with Gasteiger partial charge in [0.15, 0.2) is 0 Å². The minimum atomic E-state index is 0.0324. The Morgan fingerprint density at radius 2 is 1.89 bits per heavy atom. The molecule has 0 fully saturated rings. The Labute approximate surface area is 107 Å². The molecule has 0 bridgehead atoms. The summed E-state index contributed by atoms with van der Waals surface area (Å²) in [5.41, 5.74) is 0.973. The van der Waals surface area contributed by atoms with E-state index in [-0.39, 0.29) is 5.91 Å². The van der Waals surface area contributed by atoms with Gasteiger partial charge in [0.05, 0.1) is 6.54 Å². The smallest absolute Gasteiger partial charge is 0.239 e. The molecule has 0 atom stereocenters. The van der Waals surface area contributed by atoms with E-state index in [1.165, 1.54) is 10.8 Å². The van der Waals surface area contributed by atoms with E-state index >= 15 is 0 Å². The number of hydrogen-bond donors (Lipinski definition) is 2. The summed E-state index contributed by atoms with van der Waals surface area (Å²) in [6, 6.07) is 14.3. The van der Waals surface area contributed by atoms with Crippen molar-refractivity contribution in [3.05, 3.63) is 42.5 Å². The van der Waals surface area contributed by atoms with Crippen LogP contribution in [0.3, 0.4) is 0 Å². The number of amides is 1. The number of nitrogens with one attached hydrogen (secondary N) is 2. The molecule has 0 spiro atoms. The first-order valence-corrected chi connectivity index (χ1v) is 6.29. The fraction of sp³-hybridized carbons (Fsp3) is 0.267. The number of carbonyl (C=O) groups excluding carboxylic acids is 1. The normalized spacial score (nSPS) is 10.3. The van der Waals surface area contributed by atoms with Crippen LogP contribution in [-0.4, -0.2) is 19.0 Å². The van der Waals surface area contributed by atoms with Gasteiger partial charge in [-0.25, -0.2) is 0 Å². The first kappa shape index (κ1) is 12.4. The maximum absolute atomic E-state index is 11.5. The van der Waals surface area contributed by atoms with Crippen molar-refractivity contribution in [1.82, 2.24) is 5.32 Å². The summed E-state index contributed by atoms with van der Waals surface area (Å²) in [5, 5.41) is 8.36. The molecule has 0 aliphatic rings. The van der Waals surface area contributed by atoms with E-state index in [0.29, 0.717) is 6.54 Å². The second-order valence-corrected chi connectivity index (χ2v) is 4.27. The lowest BCUT2D eigenvalue weighted by atomic mass is 10.1. The maximum atomic E-state index is 11.5. The van der Waals surface area contributed by atoms with Gasteiger partial charge in [-0.15, -0.1) is 0 Å². The number of fused-ring (bicyclic) bond motifs is 1. The van der Waals surface area contributed by atoms with Crippen LogP contribution in [0, 0.1) is 0 Å². The Bertz CT molecular complexity index is 537. The predicted octanol–water partition coefficient (Wildman–Crippen LogP) is 2.78. The monoisotopic (exact) mass is 242 g/mol. The molecular formula is C15H18N2O. The summed E-state index contributed by atoms with van der Waals surface area (Å²) in [7, 11) is 0. The zero-order chi connectivity index (χ0) is 12.8. The van der Waals surface area contributed by atoms with Crippen LogP contribution < -0.4 is 10.6 Å². The average Bonchev–Trinajstić information content (AvgIpc) is 2.42. The van der Waals surface area contributed by atoms with Crippen molar-refractivity contribution in [2.75, 3.05) is 18.4 Å². The van der Waals surface area contributed by atoms with Gasteiger partial charge in [-0.2, -0.15) is 0 Å². The van der Waals surface area contributed by atoms with Crippen molar-refractivity contribution in [3.63, 3.8) is 0 Å². The fourth-order valence-electron chi connectivity index (χ4n) is 1.81. The molecule has 2 N–H and O–H groups in total. The quantitative estimate of drug-likeness (QED) is 0.846. The summed E-state index contributed by atoms with van der Waals surface area (Å²) in [4.78, 5) is 11.5. The number of carbonyl (C=O) groups is 1. The molecule has 1 amide bonds. The zero-order valence-electron chi connectivity index (χ0n) is 10.6. The van der Waals surface area contributed by atoms with Crippen LogP contribution in [0.5, 0.6) is 0 Å². The number of rotatable bonds is 5. The Morgan fingerprint density at radius 3 is 2.67 bits per heavy atom. The Hall–Kier alpha value is -2.03. The van der Waals surface area contributed by atoms with Gasteiger partial charge in [0, 0.05) is 12.2 Å². The van der Waals surface area contributed by atoms with Crippen molar-refractivity contribution in [2.24, 2.45) is 0 Å². The zero-order valence-corrected chi connectivity index (χ0v) is 10.6. The minimum absolute atomic E-state index is 0.0324. The molecule has 94 valence electrons. The van der Waals surface area contributed by atoms with E-state index in [0.717, 1.165) is 18.7 Å². The van der Waals surface area contributed by atoms with E-state index in [1.54, 1.807) is 0 Å². The lowest BCUT2D eigenvalue weighted by molar-refractivity contribution is -0.119.